The first kappa shape index (κ1) is 15.8. The van der Waals surface area contributed by atoms with Gasteiger partial charge in [-0.1, -0.05) is 36.4 Å². The molecule has 2 aromatic carbocycles. The highest BCUT2D eigenvalue weighted by Crippen LogP contribution is 2.28. The van der Waals surface area contributed by atoms with Gasteiger partial charge in [-0.2, -0.15) is 0 Å². The molecule has 0 unspecified atom stereocenters. The Morgan fingerprint density at radius 2 is 1.54 bits per heavy atom. The lowest BCUT2D eigenvalue weighted by Gasteiger charge is -2.17. The maximum atomic E-state index is 11.1. The Bertz CT molecular complexity index is 783. The first-order chi connectivity index (χ1) is 11.5. The van der Waals surface area contributed by atoms with Gasteiger partial charge in [0.15, 0.2) is 0 Å². The molecule has 2 N–H and O–H groups in total. The predicted octanol–water partition coefficient (Wildman–Crippen LogP) is 3.15. The first-order valence-corrected chi connectivity index (χ1v) is 7.60. The van der Waals surface area contributed by atoms with Crippen LogP contribution in [0.2, 0.25) is 0 Å². The van der Waals surface area contributed by atoms with Crippen molar-refractivity contribution in [2.24, 2.45) is 0 Å². The van der Waals surface area contributed by atoms with E-state index >= 15 is 0 Å². The third-order valence-corrected chi connectivity index (χ3v) is 4.06. The first-order valence-electron chi connectivity index (χ1n) is 7.60. The second kappa shape index (κ2) is 6.58. The molecular formula is C19H17NO4. The molecule has 0 spiro atoms. The number of carboxylic acid groups (broad SMARTS) is 2. The van der Waals surface area contributed by atoms with E-state index < -0.39 is 18.4 Å². The highest BCUT2D eigenvalue weighted by molar-refractivity contribution is 5.96. The molecule has 5 nitrogen and oxygen atoms in total. The number of fused-ring (bicyclic) bond motifs is 1. The minimum absolute atomic E-state index is 0.135. The van der Waals surface area contributed by atoms with Crippen LogP contribution in [0.5, 0.6) is 0 Å². The Balaban J connectivity index is 1.77. The van der Waals surface area contributed by atoms with Crippen LogP contribution in [0.25, 0.3) is 6.08 Å². The fourth-order valence-corrected chi connectivity index (χ4v) is 2.85. The lowest BCUT2D eigenvalue weighted by atomic mass is 10.1. The summed E-state index contributed by atoms with van der Waals surface area (Å²) < 4.78 is 0. The van der Waals surface area contributed by atoms with E-state index in [0.717, 1.165) is 18.8 Å². The third kappa shape index (κ3) is 3.46. The molecule has 24 heavy (non-hydrogen) atoms. The Morgan fingerprint density at radius 3 is 2.04 bits per heavy atom. The third-order valence-electron chi connectivity index (χ3n) is 4.06. The molecule has 0 bridgehead atoms. The zero-order chi connectivity index (χ0) is 17.1. The average Bonchev–Trinajstić information content (AvgIpc) is 2.98. The molecular weight excluding hydrogens is 306 g/mol. The van der Waals surface area contributed by atoms with Crippen molar-refractivity contribution in [3.63, 3.8) is 0 Å². The van der Waals surface area contributed by atoms with E-state index in [1.165, 1.54) is 17.2 Å². The lowest BCUT2D eigenvalue weighted by Crippen LogP contribution is -2.14. The fourth-order valence-electron chi connectivity index (χ4n) is 2.85. The van der Waals surface area contributed by atoms with Crippen molar-refractivity contribution < 1.29 is 19.8 Å². The van der Waals surface area contributed by atoms with Crippen LogP contribution >= 0.6 is 0 Å². The molecule has 0 amide bonds. The van der Waals surface area contributed by atoms with Crippen LogP contribution in [0.1, 0.15) is 23.1 Å². The van der Waals surface area contributed by atoms with Crippen LogP contribution < -0.4 is 4.90 Å². The maximum absolute atomic E-state index is 11.1. The van der Waals surface area contributed by atoms with E-state index in [9.17, 15) is 9.59 Å². The second-order valence-electron chi connectivity index (χ2n) is 5.76. The van der Waals surface area contributed by atoms with Crippen LogP contribution in [0.15, 0.2) is 54.1 Å². The molecule has 0 aliphatic carbocycles. The van der Waals surface area contributed by atoms with Gasteiger partial charge in [0.1, 0.15) is 0 Å². The molecule has 3 rings (SSSR count). The molecule has 1 heterocycles. The second-order valence-corrected chi connectivity index (χ2v) is 5.76. The zero-order valence-corrected chi connectivity index (χ0v) is 13.0. The summed E-state index contributed by atoms with van der Waals surface area (Å²) in [7, 11) is 0. The van der Waals surface area contributed by atoms with Crippen molar-refractivity contribution in [1.82, 2.24) is 0 Å². The van der Waals surface area contributed by atoms with Gasteiger partial charge in [0.2, 0.25) is 0 Å². The van der Waals surface area contributed by atoms with Gasteiger partial charge in [-0.15, -0.1) is 0 Å². The molecule has 0 aromatic heterocycles. The summed E-state index contributed by atoms with van der Waals surface area (Å²) in [5.41, 5.74) is 4.23. The number of hydrogen-bond acceptors (Lipinski definition) is 3. The SMILES string of the molecule is O=C(O)CC(=Cc1ccc(N2Cc3ccccc3C2)cc1)C(=O)O. The summed E-state index contributed by atoms with van der Waals surface area (Å²) in [5.74, 6) is -2.37. The Morgan fingerprint density at radius 1 is 0.958 bits per heavy atom. The number of benzene rings is 2. The minimum atomic E-state index is -1.21. The maximum Gasteiger partial charge on any atom is 0.332 e. The summed E-state index contributed by atoms with van der Waals surface area (Å²) >= 11 is 0. The van der Waals surface area contributed by atoms with E-state index in [-0.39, 0.29) is 5.57 Å². The molecule has 0 saturated heterocycles. The number of carboxylic acids is 2. The minimum Gasteiger partial charge on any atom is -0.481 e. The van der Waals surface area contributed by atoms with Gasteiger partial charge in [0, 0.05) is 24.4 Å². The smallest absolute Gasteiger partial charge is 0.332 e. The topological polar surface area (TPSA) is 77.8 Å². The molecule has 2 aromatic rings. The quantitative estimate of drug-likeness (QED) is 0.827. The summed E-state index contributed by atoms with van der Waals surface area (Å²) in [6.07, 6.45) is 0.900. The Kier molecular flexibility index (Phi) is 4.33. The van der Waals surface area contributed by atoms with Crippen LogP contribution in [0.4, 0.5) is 5.69 Å². The van der Waals surface area contributed by atoms with Crippen molar-refractivity contribution >= 4 is 23.7 Å². The molecule has 1 aliphatic heterocycles. The Labute approximate surface area is 139 Å². The van der Waals surface area contributed by atoms with E-state index in [2.05, 4.69) is 17.0 Å². The van der Waals surface area contributed by atoms with Crippen LogP contribution in [-0.4, -0.2) is 22.2 Å². The zero-order valence-electron chi connectivity index (χ0n) is 13.0. The summed E-state index contributed by atoms with van der Waals surface area (Å²) in [4.78, 5) is 24.1. The molecule has 1 aliphatic rings. The van der Waals surface area contributed by atoms with Crippen LogP contribution in [0, 0.1) is 0 Å². The van der Waals surface area contributed by atoms with Crippen LogP contribution in [0.3, 0.4) is 0 Å². The number of anilines is 1. The number of hydrogen-bond donors (Lipinski definition) is 2. The monoisotopic (exact) mass is 323 g/mol. The van der Waals surface area contributed by atoms with Crippen molar-refractivity contribution in [2.45, 2.75) is 19.5 Å². The van der Waals surface area contributed by atoms with E-state index in [4.69, 9.17) is 10.2 Å². The van der Waals surface area contributed by atoms with Gasteiger partial charge in [-0.25, -0.2) is 4.79 Å². The van der Waals surface area contributed by atoms with E-state index in [1.807, 2.05) is 36.4 Å². The fraction of sp³-hybridized carbons (Fsp3) is 0.158. The average molecular weight is 323 g/mol. The largest absolute Gasteiger partial charge is 0.481 e. The number of aliphatic carboxylic acids is 2. The van der Waals surface area contributed by atoms with E-state index in [0.29, 0.717) is 5.56 Å². The highest BCUT2D eigenvalue weighted by atomic mass is 16.4. The van der Waals surface area contributed by atoms with Crippen molar-refractivity contribution in [3.8, 4) is 0 Å². The molecule has 0 saturated carbocycles. The van der Waals surface area contributed by atoms with Gasteiger partial charge in [0.25, 0.3) is 0 Å². The predicted molar refractivity (Wildman–Crippen MR) is 90.6 cm³/mol. The highest BCUT2D eigenvalue weighted by Gasteiger charge is 2.18. The normalized spacial score (nSPS) is 13.7. The van der Waals surface area contributed by atoms with Crippen molar-refractivity contribution in [2.75, 3.05) is 4.90 Å². The molecule has 5 heteroatoms. The number of carbonyl (C=O) groups is 2. The van der Waals surface area contributed by atoms with Crippen molar-refractivity contribution in [3.05, 3.63) is 70.8 Å². The summed E-state index contributed by atoms with van der Waals surface area (Å²) in [5, 5.41) is 17.8. The van der Waals surface area contributed by atoms with Crippen molar-refractivity contribution in [1.29, 1.82) is 0 Å². The molecule has 0 atom stereocenters. The summed E-state index contributed by atoms with van der Waals surface area (Å²) in [6.45, 7) is 1.70. The van der Waals surface area contributed by atoms with Gasteiger partial charge >= 0.3 is 11.9 Å². The number of rotatable bonds is 5. The van der Waals surface area contributed by atoms with Gasteiger partial charge in [0.05, 0.1) is 6.42 Å². The van der Waals surface area contributed by atoms with Gasteiger partial charge in [-0.3, -0.25) is 4.79 Å². The van der Waals surface area contributed by atoms with E-state index in [1.54, 1.807) is 0 Å². The number of nitrogens with zero attached hydrogens (tertiary/aromatic N) is 1. The standard InChI is InChI=1S/C19H17NO4/c21-18(22)10-16(19(23)24)9-13-5-7-17(8-6-13)20-11-14-3-1-2-4-15(14)12-20/h1-9H,10-12H2,(H,21,22)(H,23,24). The summed E-state index contributed by atoms with van der Waals surface area (Å²) in [6, 6.07) is 15.8. The molecule has 0 radical (unpaired) electrons. The molecule has 122 valence electrons. The lowest BCUT2D eigenvalue weighted by molar-refractivity contribution is -0.139. The molecule has 0 fully saturated rings. The van der Waals surface area contributed by atoms with Gasteiger partial charge in [-0.05, 0) is 34.9 Å². The Hall–Kier alpha value is -3.08. The van der Waals surface area contributed by atoms with Gasteiger partial charge < -0.3 is 15.1 Å². The van der Waals surface area contributed by atoms with Crippen LogP contribution in [-0.2, 0) is 22.7 Å².